The Morgan fingerprint density at radius 3 is 2.71 bits per heavy atom. The van der Waals surface area contributed by atoms with Crippen molar-refractivity contribution in [2.24, 2.45) is 0 Å². The average molecular weight is 413 g/mol. The normalized spacial score (nSPS) is 11.4. The first-order valence-corrected chi connectivity index (χ1v) is 10.00. The van der Waals surface area contributed by atoms with Crippen LogP contribution in [0.15, 0.2) is 41.7 Å². The molecule has 1 aromatic carbocycles. The first-order valence-electron chi connectivity index (χ1n) is 8.52. The van der Waals surface area contributed by atoms with Crippen LogP contribution in [0.1, 0.15) is 17.7 Å². The van der Waals surface area contributed by atoms with E-state index in [9.17, 15) is 8.42 Å². The number of nitrogens with one attached hydrogen (secondary N) is 2. The van der Waals surface area contributed by atoms with Crippen molar-refractivity contribution in [2.45, 2.75) is 25.0 Å². The van der Waals surface area contributed by atoms with Crippen molar-refractivity contribution < 1.29 is 17.9 Å². The zero-order valence-electron chi connectivity index (χ0n) is 16.2. The van der Waals surface area contributed by atoms with Gasteiger partial charge in [-0.2, -0.15) is 0 Å². The molecule has 0 aliphatic heterocycles. The summed E-state index contributed by atoms with van der Waals surface area (Å²) in [7, 11) is -2.15. The fourth-order valence-electron chi connectivity index (χ4n) is 2.57. The summed E-state index contributed by atoms with van der Waals surface area (Å²) in [6.45, 7) is 3.03. The van der Waals surface area contributed by atoms with Crippen LogP contribution < -0.4 is 9.46 Å². The molecule has 10 heteroatoms. The van der Waals surface area contributed by atoms with Gasteiger partial charge in [0.05, 0.1) is 29.9 Å². The van der Waals surface area contributed by atoms with Crippen molar-refractivity contribution in [3.63, 3.8) is 0 Å². The van der Waals surface area contributed by atoms with E-state index in [2.05, 4.69) is 19.7 Å². The van der Waals surface area contributed by atoms with Crippen molar-refractivity contribution >= 4 is 50.6 Å². The van der Waals surface area contributed by atoms with Gasteiger partial charge >= 0.3 is 0 Å². The number of aromatic amines is 1. The predicted octanol–water partition coefficient (Wildman–Crippen LogP) is 1.78. The van der Waals surface area contributed by atoms with Gasteiger partial charge in [0.15, 0.2) is 0 Å². The Balaban J connectivity index is 0.00000280. The van der Waals surface area contributed by atoms with Gasteiger partial charge < -0.3 is 14.5 Å². The summed E-state index contributed by atoms with van der Waals surface area (Å²) in [5.41, 5.74) is 2.65. The second kappa shape index (κ2) is 10.3. The Morgan fingerprint density at radius 2 is 1.96 bits per heavy atom. The minimum absolute atomic E-state index is 0. The minimum atomic E-state index is -3.79. The van der Waals surface area contributed by atoms with Gasteiger partial charge in [-0.1, -0.05) is 12.1 Å². The number of fused-ring (bicyclic) bond motifs is 1. The molecule has 145 valence electrons. The molecule has 0 amide bonds. The van der Waals surface area contributed by atoms with Crippen molar-refractivity contribution in [1.82, 2.24) is 19.7 Å². The number of sulfonamides is 1. The fourth-order valence-corrected chi connectivity index (χ4v) is 3.49. The van der Waals surface area contributed by atoms with E-state index < -0.39 is 10.0 Å². The Morgan fingerprint density at radius 1 is 1.18 bits per heavy atom. The van der Waals surface area contributed by atoms with Gasteiger partial charge in [0, 0.05) is 61.5 Å². The Kier molecular flexibility index (Phi) is 8.41. The third-order valence-electron chi connectivity index (χ3n) is 4.06. The van der Waals surface area contributed by atoms with Crippen LogP contribution in [-0.2, 0) is 21.3 Å². The third kappa shape index (κ3) is 5.53. The molecule has 8 nitrogen and oxygen atoms in total. The fraction of sp³-hybridized carbons (Fsp3) is 0.333. The number of imidazole rings is 1. The molecule has 1 radical (unpaired) electrons. The molecule has 0 fully saturated rings. The average Bonchev–Trinajstić information content (AvgIpc) is 3.11. The van der Waals surface area contributed by atoms with Crippen molar-refractivity contribution in [3.8, 4) is 5.75 Å². The molecule has 2 heterocycles. The molecule has 3 rings (SSSR count). The zero-order valence-corrected chi connectivity index (χ0v) is 19.0. The van der Waals surface area contributed by atoms with Gasteiger partial charge in [-0.25, -0.2) is 18.1 Å². The molecule has 0 aliphatic carbocycles. The molecule has 0 saturated carbocycles. The van der Waals surface area contributed by atoms with Crippen LogP contribution in [0, 0.1) is 6.92 Å². The molecule has 0 bridgehead atoms. The monoisotopic (exact) mass is 413 g/mol. The summed E-state index contributed by atoms with van der Waals surface area (Å²) in [4.78, 5) is 11.2. The second-order valence-corrected chi connectivity index (χ2v) is 7.64. The van der Waals surface area contributed by atoms with E-state index >= 15 is 0 Å². The van der Waals surface area contributed by atoms with E-state index in [1.807, 2.05) is 13.0 Å². The minimum Gasteiger partial charge on any atom is -0.493 e. The molecule has 0 spiro atoms. The number of aromatic nitrogens is 3. The number of hydrogen-bond acceptors (Lipinski definition) is 6. The number of hydrogen-bond donors (Lipinski definition) is 2. The van der Waals surface area contributed by atoms with Gasteiger partial charge in [-0.15, -0.1) is 0 Å². The Hall–Kier alpha value is -1.49. The molecule has 0 unspecified atom stereocenters. The number of para-hydroxylation sites is 2. The molecule has 0 aliphatic rings. The van der Waals surface area contributed by atoms with Gasteiger partial charge in [0.2, 0.25) is 5.16 Å². The summed E-state index contributed by atoms with van der Waals surface area (Å²) < 4.78 is 38.3. The van der Waals surface area contributed by atoms with Crippen LogP contribution in [0.3, 0.4) is 0 Å². The van der Waals surface area contributed by atoms with E-state index in [-0.39, 0.29) is 41.3 Å². The number of rotatable bonds is 9. The maximum atomic E-state index is 12.5. The molecule has 0 saturated heterocycles. The quantitative estimate of drug-likeness (QED) is 0.409. The Labute approximate surface area is 186 Å². The summed E-state index contributed by atoms with van der Waals surface area (Å²) >= 11 is 0. The van der Waals surface area contributed by atoms with Crippen molar-refractivity contribution in [1.29, 1.82) is 0 Å². The van der Waals surface area contributed by atoms with Crippen LogP contribution >= 0.6 is 0 Å². The van der Waals surface area contributed by atoms with Crippen LogP contribution in [-0.4, -0.2) is 73.3 Å². The number of nitrogens with zero attached hydrogens (tertiary/aromatic N) is 2. The predicted molar refractivity (Wildman–Crippen MR) is 107 cm³/mol. The molecule has 3 aromatic rings. The molecular formula is C18H22N4NaO4S. The third-order valence-corrected chi connectivity index (χ3v) is 5.29. The molecule has 28 heavy (non-hydrogen) atoms. The summed E-state index contributed by atoms with van der Waals surface area (Å²) in [5, 5.41) is -0.117. The topological polar surface area (TPSA) is 106 Å². The number of pyridine rings is 1. The smallest absolute Gasteiger partial charge is 0.274 e. The zero-order chi connectivity index (χ0) is 19.3. The van der Waals surface area contributed by atoms with Crippen LogP contribution in [0.5, 0.6) is 5.75 Å². The van der Waals surface area contributed by atoms with Gasteiger partial charge in [0.25, 0.3) is 10.0 Å². The summed E-state index contributed by atoms with van der Waals surface area (Å²) in [6, 6.07) is 8.91. The number of ether oxygens (including phenoxy) is 2. The molecule has 2 N–H and O–H groups in total. The molecule has 0 atom stereocenters. The largest absolute Gasteiger partial charge is 0.493 e. The van der Waals surface area contributed by atoms with Crippen LogP contribution in [0.2, 0.25) is 0 Å². The first-order chi connectivity index (χ1) is 13.0. The maximum Gasteiger partial charge on any atom is 0.274 e. The first kappa shape index (κ1) is 22.8. The number of methoxy groups -OCH3 is 1. The molecular weight excluding hydrogens is 391 g/mol. The standard InChI is InChI=1S/C18H22N4O4S.Na/c1-13-16(19-9-8-17(13)26-11-5-10-25-2)12-20-27(23,24)18-21-14-6-3-4-7-15(14)22-18;/h3-4,6-9,20H,5,10-12H2,1-2H3,(H,21,22);. The maximum absolute atomic E-state index is 12.5. The van der Waals surface area contributed by atoms with Crippen LogP contribution in [0.4, 0.5) is 0 Å². The Bertz CT molecular complexity index is 990. The van der Waals surface area contributed by atoms with Crippen molar-refractivity contribution in [2.75, 3.05) is 20.3 Å². The van der Waals surface area contributed by atoms with E-state index in [1.54, 1.807) is 37.6 Å². The molecule has 2 aromatic heterocycles. The van der Waals surface area contributed by atoms with Gasteiger partial charge in [-0.3, -0.25) is 4.98 Å². The van der Waals surface area contributed by atoms with Gasteiger partial charge in [-0.05, 0) is 25.1 Å². The van der Waals surface area contributed by atoms with E-state index in [0.717, 1.165) is 12.0 Å². The van der Waals surface area contributed by atoms with E-state index in [1.165, 1.54) is 0 Å². The van der Waals surface area contributed by atoms with Crippen molar-refractivity contribution in [3.05, 3.63) is 47.8 Å². The van der Waals surface area contributed by atoms with Gasteiger partial charge in [0.1, 0.15) is 5.75 Å². The van der Waals surface area contributed by atoms with E-state index in [4.69, 9.17) is 9.47 Å². The second-order valence-electron chi connectivity index (χ2n) is 5.96. The SMILES string of the molecule is COCCCOc1ccnc(CNS(=O)(=O)c2nc3ccccc3[nH]2)c1C.[Na]. The summed E-state index contributed by atoms with van der Waals surface area (Å²) in [6.07, 6.45) is 2.37. The van der Waals surface area contributed by atoms with Crippen LogP contribution in [0.25, 0.3) is 11.0 Å². The number of H-pyrrole nitrogens is 1. The van der Waals surface area contributed by atoms with E-state index in [0.29, 0.717) is 35.7 Å². The summed E-state index contributed by atoms with van der Waals surface area (Å²) in [5.74, 6) is 0.680. The number of benzene rings is 1.